The van der Waals surface area contributed by atoms with E-state index in [0.29, 0.717) is 19.6 Å². The maximum atomic E-state index is 11.4. The highest BCUT2D eigenvalue weighted by Crippen LogP contribution is 2.35. The van der Waals surface area contributed by atoms with Gasteiger partial charge in [0.15, 0.2) is 0 Å². The van der Waals surface area contributed by atoms with Crippen molar-refractivity contribution in [3.05, 3.63) is 0 Å². The number of ether oxygens (including phenoxy) is 1. The van der Waals surface area contributed by atoms with E-state index in [4.69, 9.17) is 10.5 Å². The van der Waals surface area contributed by atoms with Crippen LogP contribution in [0.4, 0.5) is 0 Å². The molecule has 0 aromatic carbocycles. The number of hydrogen-bond acceptors (Lipinski definition) is 4. The Labute approximate surface area is 118 Å². The molecule has 1 saturated carbocycles. The first-order chi connectivity index (χ1) is 8.97. The van der Waals surface area contributed by atoms with Gasteiger partial charge in [0.1, 0.15) is 9.84 Å². The highest BCUT2D eigenvalue weighted by molar-refractivity contribution is 7.91. The first-order valence-electron chi connectivity index (χ1n) is 7.51. The van der Waals surface area contributed by atoms with Crippen molar-refractivity contribution >= 4 is 9.84 Å². The monoisotopic (exact) mass is 291 g/mol. The van der Waals surface area contributed by atoms with Crippen LogP contribution >= 0.6 is 0 Å². The maximum absolute atomic E-state index is 11.4. The molecule has 0 spiro atoms. The van der Waals surface area contributed by atoms with Gasteiger partial charge in [-0.1, -0.05) is 20.3 Å². The summed E-state index contributed by atoms with van der Waals surface area (Å²) in [6.07, 6.45) is 6.21. The minimum Gasteiger partial charge on any atom is -0.374 e. The van der Waals surface area contributed by atoms with Crippen molar-refractivity contribution in [2.45, 2.75) is 58.0 Å². The van der Waals surface area contributed by atoms with Gasteiger partial charge in [-0.3, -0.25) is 0 Å². The van der Waals surface area contributed by atoms with Crippen LogP contribution in [0.1, 0.15) is 52.4 Å². The van der Waals surface area contributed by atoms with Gasteiger partial charge in [0.25, 0.3) is 0 Å². The molecule has 0 amide bonds. The van der Waals surface area contributed by atoms with E-state index in [-0.39, 0.29) is 17.1 Å². The standard InChI is InChI=1S/C14H29NO3S/c1-3-13-6-8-14(12-15,9-7-13)18-10-5-11-19(16,17)4-2/h13H,3-12,15H2,1-2H3. The molecule has 4 nitrogen and oxygen atoms in total. The van der Waals surface area contributed by atoms with Crippen molar-refractivity contribution < 1.29 is 13.2 Å². The summed E-state index contributed by atoms with van der Waals surface area (Å²) in [6, 6.07) is 0. The van der Waals surface area contributed by atoms with E-state index in [1.165, 1.54) is 19.3 Å². The van der Waals surface area contributed by atoms with E-state index < -0.39 is 9.84 Å². The van der Waals surface area contributed by atoms with Gasteiger partial charge in [0, 0.05) is 18.9 Å². The minimum absolute atomic E-state index is 0.193. The maximum Gasteiger partial charge on any atom is 0.150 e. The molecule has 0 unspecified atom stereocenters. The van der Waals surface area contributed by atoms with Crippen molar-refractivity contribution in [3.63, 3.8) is 0 Å². The van der Waals surface area contributed by atoms with E-state index in [1.54, 1.807) is 6.92 Å². The molecule has 2 N–H and O–H groups in total. The molecule has 0 bridgehead atoms. The fourth-order valence-corrected chi connectivity index (χ4v) is 3.58. The average molecular weight is 291 g/mol. The Bertz CT molecular complexity index is 346. The van der Waals surface area contributed by atoms with Crippen molar-refractivity contribution in [2.75, 3.05) is 24.7 Å². The SMILES string of the molecule is CCC1CCC(CN)(OCCCS(=O)(=O)CC)CC1. The minimum atomic E-state index is -2.87. The second-order valence-electron chi connectivity index (χ2n) is 5.68. The normalized spacial score (nSPS) is 28.5. The molecule has 5 heteroatoms. The van der Waals surface area contributed by atoms with E-state index in [0.717, 1.165) is 18.8 Å². The quantitative estimate of drug-likeness (QED) is 0.696. The van der Waals surface area contributed by atoms with E-state index in [9.17, 15) is 8.42 Å². The summed E-state index contributed by atoms with van der Waals surface area (Å²) in [7, 11) is -2.87. The van der Waals surface area contributed by atoms with Crippen LogP contribution in [-0.2, 0) is 14.6 Å². The summed E-state index contributed by atoms with van der Waals surface area (Å²) in [4.78, 5) is 0. The predicted octanol–water partition coefficient (Wildman–Crippen LogP) is 2.13. The van der Waals surface area contributed by atoms with E-state index >= 15 is 0 Å². The molecule has 1 fully saturated rings. The lowest BCUT2D eigenvalue weighted by molar-refractivity contribution is -0.0710. The first kappa shape index (κ1) is 16.9. The molecule has 0 aliphatic heterocycles. The largest absolute Gasteiger partial charge is 0.374 e. The van der Waals surface area contributed by atoms with Crippen molar-refractivity contribution in [1.82, 2.24) is 0 Å². The van der Waals surface area contributed by atoms with Crippen LogP contribution in [0.5, 0.6) is 0 Å². The highest BCUT2D eigenvalue weighted by Gasteiger charge is 2.34. The Hall–Kier alpha value is -0.130. The molecule has 0 aromatic rings. The summed E-state index contributed by atoms with van der Waals surface area (Å²) in [5, 5.41) is 0. The molecule has 0 radical (unpaired) electrons. The second kappa shape index (κ2) is 7.60. The fourth-order valence-electron chi connectivity index (χ4n) is 2.73. The summed E-state index contributed by atoms with van der Waals surface area (Å²) in [5.74, 6) is 1.25. The highest BCUT2D eigenvalue weighted by atomic mass is 32.2. The Morgan fingerprint density at radius 2 is 1.89 bits per heavy atom. The second-order valence-corrected chi connectivity index (χ2v) is 8.15. The van der Waals surface area contributed by atoms with Crippen molar-refractivity contribution in [2.24, 2.45) is 11.7 Å². The molecule has 114 valence electrons. The molecule has 1 aliphatic rings. The third kappa shape index (κ3) is 5.40. The Morgan fingerprint density at radius 1 is 1.26 bits per heavy atom. The van der Waals surface area contributed by atoms with Crippen LogP contribution in [0.25, 0.3) is 0 Å². The zero-order valence-electron chi connectivity index (χ0n) is 12.4. The number of hydrogen-bond donors (Lipinski definition) is 1. The summed E-state index contributed by atoms with van der Waals surface area (Å²) in [6.45, 7) is 4.97. The van der Waals surface area contributed by atoms with Crippen LogP contribution in [0.3, 0.4) is 0 Å². The van der Waals surface area contributed by atoms with E-state index in [1.807, 2.05) is 0 Å². The Balaban J connectivity index is 2.33. The van der Waals surface area contributed by atoms with E-state index in [2.05, 4.69) is 6.92 Å². The van der Waals surface area contributed by atoms with Crippen molar-refractivity contribution in [3.8, 4) is 0 Å². The van der Waals surface area contributed by atoms with Gasteiger partial charge >= 0.3 is 0 Å². The third-order valence-electron chi connectivity index (χ3n) is 4.41. The number of rotatable bonds is 8. The van der Waals surface area contributed by atoms with Gasteiger partial charge in [-0.2, -0.15) is 0 Å². The molecular weight excluding hydrogens is 262 g/mol. The number of nitrogens with two attached hydrogens (primary N) is 1. The van der Waals surface area contributed by atoms with Gasteiger partial charge in [0.2, 0.25) is 0 Å². The molecule has 0 heterocycles. The van der Waals surface area contributed by atoms with Gasteiger partial charge in [0.05, 0.1) is 11.4 Å². The Kier molecular flexibility index (Phi) is 6.77. The zero-order valence-corrected chi connectivity index (χ0v) is 13.2. The number of sulfone groups is 1. The smallest absolute Gasteiger partial charge is 0.150 e. The molecule has 0 aromatic heterocycles. The van der Waals surface area contributed by atoms with Gasteiger partial charge in [-0.15, -0.1) is 0 Å². The van der Waals surface area contributed by atoms with Crippen LogP contribution in [0.2, 0.25) is 0 Å². The van der Waals surface area contributed by atoms with Crippen LogP contribution in [-0.4, -0.2) is 38.7 Å². The third-order valence-corrected chi connectivity index (χ3v) is 6.20. The Morgan fingerprint density at radius 3 is 2.37 bits per heavy atom. The van der Waals surface area contributed by atoms with Crippen LogP contribution < -0.4 is 5.73 Å². The predicted molar refractivity (Wildman–Crippen MR) is 78.9 cm³/mol. The topological polar surface area (TPSA) is 69.4 Å². The molecule has 19 heavy (non-hydrogen) atoms. The summed E-state index contributed by atoms with van der Waals surface area (Å²) >= 11 is 0. The lowest BCUT2D eigenvalue weighted by atomic mass is 9.77. The molecule has 0 atom stereocenters. The fraction of sp³-hybridized carbons (Fsp3) is 1.00. The van der Waals surface area contributed by atoms with Gasteiger partial charge in [-0.25, -0.2) is 8.42 Å². The summed E-state index contributed by atoms with van der Waals surface area (Å²) in [5.41, 5.74) is 5.68. The lowest BCUT2D eigenvalue weighted by Crippen LogP contribution is -2.44. The summed E-state index contributed by atoms with van der Waals surface area (Å²) < 4.78 is 28.8. The molecule has 1 aliphatic carbocycles. The van der Waals surface area contributed by atoms with Gasteiger partial charge < -0.3 is 10.5 Å². The van der Waals surface area contributed by atoms with Crippen LogP contribution in [0, 0.1) is 5.92 Å². The molecule has 1 rings (SSSR count). The van der Waals surface area contributed by atoms with Gasteiger partial charge in [-0.05, 0) is 38.0 Å². The molecule has 0 saturated heterocycles. The first-order valence-corrected chi connectivity index (χ1v) is 9.33. The lowest BCUT2D eigenvalue weighted by Gasteiger charge is -2.39. The van der Waals surface area contributed by atoms with Crippen LogP contribution in [0.15, 0.2) is 0 Å². The van der Waals surface area contributed by atoms with Crippen molar-refractivity contribution in [1.29, 1.82) is 0 Å². The zero-order chi connectivity index (χ0) is 14.4. The average Bonchev–Trinajstić information content (AvgIpc) is 2.44. The molecular formula is C14H29NO3S.